The lowest BCUT2D eigenvalue weighted by molar-refractivity contribution is 0.127. The molecule has 0 aromatic rings. The second-order valence-electron chi connectivity index (χ2n) is 4.69. The fourth-order valence-electron chi connectivity index (χ4n) is 1.97. The maximum atomic E-state index is 5.52. The average Bonchev–Trinajstić information content (AvgIpc) is 2.81. The standard InChI is InChI=1S/C13H27NO2/c1-3-4-8-15-9-5-7-14-12(2)13-6-10-16-11-13/h12-14H,3-11H2,1-2H3. The summed E-state index contributed by atoms with van der Waals surface area (Å²) in [5, 5.41) is 3.56. The number of hydrogen-bond acceptors (Lipinski definition) is 3. The van der Waals surface area contributed by atoms with Gasteiger partial charge in [-0.1, -0.05) is 13.3 Å². The van der Waals surface area contributed by atoms with Crippen LogP contribution in [0.4, 0.5) is 0 Å². The van der Waals surface area contributed by atoms with E-state index in [0.29, 0.717) is 12.0 Å². The molecule has 0 saturated carbocycles. The van der Waals surface area contributed by atoms with E-state index in [1.807, 2.05) is 0 Å². The quantitative estimate of drug-likeness (QED) is 0.615. The third kappa shape index (κ3) is 5.83. The number of rotatable bonds is 9. The van der Waals surface area contributed by atoms with Crippen LogP contribution in [0.25, 0.3) is 0 Å². The van der Waals surface area contributed by atoms with Gasteiger partial charge in [0.15, 0.2) is 0 Å². The highest BCUT2D eigenvalue weighted by Crippen LogP contribution is 2.16. The molecule has 1 aliphatic heterocycles. The van der Waals surface area contributed by atoms with Gasteiger partial charge in [-0.05, 0) is 38.6 Å². The van der Waals surface area contributed by atoms with Gasteiger partial charge < -0.3 is 14.8 Å². The van der Waals surface area contributed by atoms with E-state index in [1.165, 1.54) is 19.3 Å². The minimum Gasteiger partial charge on any atom is -0.381 e. The third-order valence-corrected chi connectivity index (χ3v) is 3.25. The molecule has 1 aliphatic rings. The Morgan fingerprint density at radius 3 is 2.88 bits per heavy atom. The summed E-state index contributed by atoms with van der Waals surface area (Å²) >= 11 is 0. The van der Waals surface area contributed by atoms with E-state index in [9.17, 15) is 0 Å². The zero-order valence-corrected chi connectivity index (χ0v) is 10.8. The first-order valence-electron chi connectivity index (χ1n) is 6.73. The second-order valence-corrected chi connectivity index (χ2v) is 4.69. The maximum Gasteiger partial charge on any atom is 0.0509 e. The molecule has 1 saturated heterocycles. The maximum absolute atomic E-state index is 5.52. The van der Waals surface area contributed by atoms with E-state index in [2.05, 4.69) is 19.2 Å². The van der Waals surface area contributed by atoms with Gasteiger partial charge in [0.2, 0.25) is 0 Å². The van der Waals surface area contributed by atoms with Crippen molar-refractivity contribution in [2.75, 3.05) is 33.0 Å². The van der Waals surface area contributed by atoms with Crippen molar-refractivity contribution in [3.63, 3.8) is 0 Å². The van der Waals surface area contributed by atoms with Crippen molar-refractivity contribution in [1.82, 2.24) is 5.32 Å². The smallest absolute Gasteiger partial charge is 0.0509 e. The Labute approximate surface area is 99.9 Å². The number of unbranched alkanes of at least 4 members (excludes halogenated alkanes) is 1. The van der Waals surface area contributed by atoms with Crippen LogP contribution in [0.15, 0.2) is 0 Å². The van der Waals surface area contributed by atoms with Gasteiger partial charge in [-0.15, -0.1) is 0 Å². The molecule has 0 aliphatic carbocycles. The molecule has 96 valence electrons. The predicted octanol–water partition coefficient (Wildman–Crippen LogP) is 2.21. The normalized spacial score (nSPS) is 22.5. The number of hydrogen-bond donors (Lipinski definition) is 1. The minimum atomic E-state index is 0.582. The first kappa shape index (κ1) is 13.9. The largest absolute Gasteiger partial charge is 0.381 e. The van der Waals surface area contributed by atoms with Crippen molar-refractivity contribution in [3.05, 3.63) is 0 Å². The van der Waals surface area contributed by atoms with Crippen molar-refractivity contribution in [1.29, 1.82) is 0 Å². The van der Waals surface area contributed by atoms with Crippen molar-refractivity contribution >= 4 is 0 Å². The van der Waals surface area contributed by atoms with Crippen molar-refractivity contribution in [2.45, 2.75) is 45.6 Å². The summed E-state index contributed by atoms with van der Waals surface area (Å²) in [7, 11) is 0. The first-order valence-corrected chi connectivity index (χ1v) is 6.73. The van der Waals surface area contributed by atoms with Gasteiger partial charge in [0, 0.05) is 25.9 Å². The predicted molar refractivity (Wildman–Crippen MR) is 66.7 cm³/mol. The highest BCUT2D eigenvalue weighted by atomic mass is 16.5. The van der Waals surface area contributed by atoms with E-state index >= 15 is 0 Å². The Balaban J connectivity index is 1.86. The SMILES string of the molecule is CCCCOCCCNC(C)C1CCOC1. The Morgan fingerprint density at radius 1 is 1.38 bits per heavy atom. The molecule has 0 aromatic carbocycles. The Kier molecular flexibility index (Phi) is 7.81. The Bertz CT molecular complexity index is 158. The molecule has 1 heterocycles. The molecule has 0 amide bonds. The topological polar surface area (TPSA) is 30.5 Å². The molecule has 2 unspecified atom stereocenters. The van der Waals surface area contributed by atoms with E-state index in [0.717, 1.165) is 39.4 Å². The Morgan fingerprint density at radius 2 is 2.19 bits per heavy atom. The summed E-state index contributed by atoms with van der Waals surface area (Å²) in [6, 6.07) is 0.582. The van der Waals surface area contributed by atoms with E-state index in [1.54, 1.807) is 0 Å². The van der Waals surface area contributed by atoms with Gasteiger partial charge in [0.05, 0.1) is 6.61 Å². The third-order valence-electron chi connectivity index (χ3n) is 3.25. The van der Waals surface area contributed by atoms with Crippen LogP contribution in [-0.4, -0.2) is 39.0 Å². The van der Waals surface area contributed by atoms with Gasteiger partial charge in [0.25, 0.3) is 0 Å². The highest BCUT2D eigenvalue weighted by molar-refractivity contribution is 4.75. The average molecular weight is 229 g/mol. The molecule has 1 rings (SSSR count). The number of ether oxygens (including phenoxy) is 2. The number of nitrogens with one attached hydrogen (secondary N) is 1. The van der Waals surface area contributed by atoms with E-state index < -0.39 is 0 Å². The van der Waals surface area contributed by atoms with Crippen LogP contribution in [0.1, 0.15) is 39.5 Å². The van der Waals surface area contributed by atoms with Gasteiger partial charge in [0.1, 0.15) is 0 Å². The van der Waals surface area contributed by atoms with Crippen molar-refractivity contribution < 1.29 is 9.47 Å². The Hall–Kier alpha value is -0.120. The summed E-state index contributed by atoms with van der Waals surface area (Å²) in [6.45, 7) is 9.19. The molecule has 1 fully saturated rings. The van der Waals surface area contributed by atoms with Crippen LogP contribution in [0.2, 0.25) is 0 Å². The molecule has 1 N–H and O–H groups in total. The summed E-state index contributed by atoms with van der Waals surface area (Å²) < 4.78 is 10.9. The zero-order valence-electron chi connectivity index (χ0n) is 10.8. The van der Waals surface area contributed by atoms with Crippen LogP contribution >= 0.6 is 0 Å². The molecule has 0 spiro atoms. The molecular weight excluding hydrogens is 202 g/mol. The lowest BCUT2D eigenvalue weighted by atomic mass is 10.0. The summed E-state index contributed by atoms with van der Waals surface area (Å²) in [4.78, 5) is 0. The van der Waals surface area contributed by atoms with Crippen molar-refractivity contribution in [2.24, 2.45) is 5.92 Å². The molecule has 16 heavy (non-hydrogen) atoms. The fourth-order valence-corrected chi connectivity index (χ4v) is 1.97. The molecule has 0 radical (unpaired) electrons. The summed E-state index contributed by atoms with van der Waals surface area (Å²) in [5.74, 6) is 0.709. The van der Waals surface area contributed by atoms with Gasteiger partial charge in [-0.3, -0.25) is 0 Å². The first-order chi connectivity index (χ1) is 7.84. The van der Waals surface area contributed by atoms with Crippen LogP contribution in [0.5, 0.6) is 0 Å². The molecule has 0 aromatic heterocycles. The van der Waals surface area contributed by atoms with Crippen molar-refractivity contribution in [3.8, 4) is 0 Å². The molecule has 3 nitrogen and oxygen atoms in total. The molecule has 3 heteroatoms. The highest BCUT2D eigenvalue weighted by Gasteiger charge is 2.21. The fraction of sp³-hybridized carbons (Fsp3) is 1.00. The molecule has 2 atom stereocenters. The summed E-state index contributed by atoms with van der Waals surface area (Å²) in [6.07, 6.45) is 4.73. The van der Waals surface area contributed by atoms with E-state index in [4.69, 9.17) is 9.47 Å². The van der Waals surface area contributed by atoms with Crippen LogP contribution in [0.3, 0.4) is 0 Å². The monoisotopic (exact) mass is 229 g/mol. The summed E-state index contributed by atoms with van der Waals surface area (Å²) in [5.41, 5.74) is 0. The lowest BCUT2D eigenvalue weighted by Gasteiger charge is -2.19. The van der Waals surface area contributed by atoms with Crippen LogP contribution < -0.4 is 5.32 Å². The van der Waals surface area contributed by atoms with Crippen LogP contribution in [0, 0.1) is 5.92 Å². The molecular formula is C13H27NO2. The van der Waals surface area contributed by atoms with Gasteiger partial charge in [-0.2, -0.15) is 0 Å². The van der Waals surface area contributed by atoms with Gasteiger partial charge in [-0.25, -0.2) is 0 Å². The minimum absolute atomic E-state index is 0.582. The molecule has 0 bridgehead atoms. The van der Waals surface area contributed by atoms with E-state index in [-0.39, 0.29) is 0 Å². The lowest BCUT2D eigenvalue weighted by Crippen LogP contribution is -2.34. The second kappa shape index (κ2) is 8.97. The van der Waals surface area contributed by atoms with Crippen LogP contribution in [-0.2, 0) is 9.47 Å². The van der Waals surface area contributed by atoms with Gasteiger partial charge >= 0.3 is 0 Å². The zero-order chi connectivity index (χ0) is 11.6.